The number of rotatable bonds is 8. The average molecular weight is 472 g/mol. The topological polar surface area (TPSA) is 105 Å². The molecule has 0 spiro atoms. The normalized spacial score (nSPS) is 17.4. The number of carbonyl (C=O) groups excluding carboxylic acids is 2. The van der Waals surface area contributed by atoms with Gasteiger partial charge in [0.1, 0.15) is 5.75 Å². The number of hydrogen-bond acceptors (Lipinski definition) is 5. The summed E-state index contributed by atoms with van der Waals surface area (Å²) in [5.41, 5.74) is 1.35. The zero-order chi connectivity index (χ0) is 23.4. The summed E-state index contributed by atoms with van der Waals surface area (Å²) >= 11 is 0. The molecule has 0 radical (unpaired) electrons. The molecule has 2 N–H and O–H groups in total. The molecule has 2 fully saturated rings. The van der Waals surface area contributed by atoms with Gasteiger partial charge in [0.05, 0.1) is 11.5 Å². The number of benzene rings is 2. The maximum atomic E-state index is 12.9. The van der Waals surface area contributed by atoms with Crippen LogP contribution in [0.2, 0.25) is 0 Å². The summed E-state index contributed by atoms with van der Waals surface area (Å²) in [7, 11) is -3.61. The van der Waals surface area contributed by atoms with E-state index in [1.807, 2.05) is 6.92 Å². The van der Waals surface area contributed by atoms with E-state index in [0.717, 1.165) is 12.8 Å². The van der Waals surface area contributed by atoms with Crippen LogP contribution in [0.1, 0.15) is 32.6 Å². The molecule has 0 bridgehead atoms. The fourth-order valence-corrected chi connectivity index (χ4v) is 5.32. The Labute approximate surface area is 194 Å². The minimum atomic E-state index is -3.61. The van der Waals surface area contributed by atoms with Crippen LogP contribution in [0.3, 0.4) is 0 Å². The first-order valence-electron chi connectivity index (χ1n) is 11.3. The summed E-state index contributed by atoms with van der Waals surface area (Å²) in [5, 5.41) is 5.77. The van der Waals surface area contributed by atoms with Gasteiger partial charge in [0.2, 0.25) is 21.8 Å². The molecule has 0 atom stereocenters. The Morgan fingerprint density at radius 1 is 0.848 bits per heavy atom. The van der Waals surface area contributed by atoms with E-state index in [4.69, 9.17) is 4.74 Å². The number of nitrogens with zero attached hydrogens (tertiary/aromatic N) is 1. The van der Waals surface area contributed by atoms with Gasteiger partial charge < -0.3 is 15.4 Å². The van der Waals surface area contributed by atoms with E-state index in [2.05, 4.69) is 10.6 Å². The third kappa shape index (κ3) is 5.72. The molecular formula is C24H29N3O5S. The third-order valence-electron chi connectivity index (χ3n) is 5.97. The fourth-order valence-electron chi connectivity index (χ4n) is 3.85. The molecule has 9 heteroatoms. The van der Waals surface area contributed by atoms with Gasteiger partial charge in [-0.2, -0.15) is 4.31 Å². The lowest BCUT2D eigenvalue weighted by molar-refractivity contribution is -0.121. The second-order valence-electron chi connectivity index (χ2n) is 8.41. The molecule has 1 aliphatic carbocycles. The van der Waals surface area contributed by atoms with Crippen molar-refractivity contribution in [2.75, 3.05) is 30.3 Å². The maximum absolute atomic E-state index is 12.9. The number of ether oxygens (including phenoxy) is 1. The van der Waals surface area contributed by atoms with E-state index in [1.165, 1.54) is 4.31 Å². The number of hydrogen-bond donors (Lipinski definition) is 2. The Morgan fingerprint density at radius 2 is 1.33 bits per heavy atom. The smallest absolute Gasteiger partial charge is 0.243 e. The van der Waals surface area contributed by atoms with Gasteiger partial charge >= 0.3 is 0 Å². The summed E-state index contributed by atoms with van der Waals surface area (Å²) < 4.78 is 32.7. The van der Waals surface area contributed by atoms with Crippen LogP contribution in [-0.2, 0) is 19.6 Å². The van der Waals surface area contributed by atoms with Crippen molar-refractivity contribution in [2.45, 2.75) is 37.5 Å². The Bertz CT molecular complexity index is 1090. The highest BCUT2D eigenvalue weighted by molar-refractivity contribution is 7.89. The van der Waals surface area contributed by atoms with Crippen molar-refractivity contribution < 1.29 is 22.7 Å². The van der Waals surface area contributed by atoms with Crippen molar-refractivity contribution in [1.29, 1.82) is 0 Å². The second kappa shape index (κ2) is 9.93. The zero-order valence-corrected chi connectivity index (χ0v) is 19.4. The Hall–Kier alpha value is -2.91. The predicted octanol–water partition coefficient (Wildman–Crippen LogP) is 3.47. The maximum Gasteiger partial charge on any atom is 0.243 e. The van der Waals surface area contributed by atoms with Crippen LogP contribution in [0, 0.1) is 11.8 Å². The van der Waals surface area contributed by atoms with Gasteiger partial charge in [0.15, 0.2) is 0 Å². The van der Waals surface area contributed by atoms with Crippen molar-refractivity contribution in [1.82, 2.24) is 4.31 Å². The summed E-state index contributed by atoms with van der Waals surface area (Å²) in [6.45, 7) is 2.97. The van der Waals surface area contributed by atoms with E-state index < -0.39 is 10.0 Å². The molecule has 2 aromatic carbocycles. The molecule has 8 nitrogen and oxygen atoms in total. The van der Waals surface area contributed by atoms with Crippen LogP contribution < -0.4 is 15.4 Å². The average Bonchev–Trinajstić information content (AvgIpc) is 3.67. The SMILES string of the molecule is CCOc1ccc(S(=O)(=O)N2CCC(C(=O)Nc3ccc(NC(=O)C4CC4)cc3)CC2)cc1. The number of carbonyl (C=O) groups is 2. The molecular weight excluding hydrogens is 442 g/mol. The Balaban J connectivity index is 1.29. The highest BCUT2D eigenvalue weighted by Gasteiger charge is 2.32. The molecule has 1 heterocycles. The van der Waals surface area contributed by atoms with Crippen LogP contribution in [0.15, 0.2) is 53.4 Å². The molecule has 33 heavy (non-hydrogen) atoms. The van der Waals surface area contributed by atoms with Crippen LogP contribution in [-0.4, -0.2) is 44.2 Å². The largest absolute Gasteiger partial charge is 0.494 e. The third-order valence-corrected chi connectivity index (χ3v) is 7.88. The fraction of sp³-hybridized carbons (Fsp3) is 0.417. The molecule has 0 aromatic heterocycles. The summed E-state index contributed by atoms with van der Waals surface area (Å²) in [4.78, 5) is 24.8. The van der Waals surface area contributed by atoms with E-state index in [-0.39, 0.29) is 28.5 Å². The predicted molar refractivity (Wildman–Crippen MR) is 126 cm³/mol. The Kier molecular flexibility index (Phi) is 6.99. The summed E-state index contributed by atoms with van der Waals surface area (Å²) in [6, 6.07) is 13.5. The number of amides is 2. The molecule has 4 rings (SSSR count). The second-order valence-corrected chi connectivity index (χ2v) is 10.4. The highest BCUT2D eigenvalue weighted by atomic mass is 32.2. The van der Waals surface area contributed by atoms with Crippen molar-refractivity contribution >= 4 is 33.2 Å². The van der Waals surface area contributed by atoms with Crippen molar-refractivity contribution in [2.24, 2.45) is 11.8 Å². The van der Waals surface area contributed by atoms with Gasteiger partial charge in [0.25, 0.3) is 0 Å². The lowest BCUT2D eigenvalue weighted by Crippen LogP contribution is -2.41. The van der Waals surface area contributed by atoms with Crippen molar-refractivity contribution in [3.8, 4) is 5.75 Å². The van der Waals surface area contributed by atoms with Crippen LogP contribution in [0.25, 0.3) is 0 Å². The van der Waals surface area contributed by atoms with Crippen molar-refractivity contribution in [3.05, 3.63) is 48.5 Å². The van der Waals surface area contributed by atoms with Crippen LogP contribution in [0.4, 0.5) is 11.4 Å². The van der Waals surface area contributed by atoms with Crippen LogP contribution >= 0.6 is 0 Å². The molecule has 2 amide bonds. The first-order chi connectivity index (χ1) is 15.9. The molecule has 2 aliphatic rings. The van der Waals surface area contributed by atoms with Gasteiger partial charge in [-0.3, -0.25) is 9.59 Å². The lowest BCUT2D eigenvalue weighted by atomic mass is 9.97. The van der Waals surface area contributed by atoms with Gasteiger partial charge in [-0.25, -0.2) is 8.42 Å². The highest BCUT2D eigenvalue weighted by Crippen LogP contribution is 2.30. The van der Waals surface area contributed by atoms with Gasteiger partial charge in [-0.05, 0) is 81.1 Å². The zero-order valence-electron chi connectivity index (χ0n) is 18.6. The number of piperidine rings is 1. The van der Waals surface area contributed by atoms with E-state index in [0.29, 0.717) is 49.7 Å². The first kappa shape index (κ1) is 23.3. The molecule has 1 saturated heterocycles. The number of anilines is 2. The van der Waals surface area contributed by atoms with E-state index >= 15 is 0 Å². The number of nitrogens with one attached hydrogen (secondary N) is 2. The molecule has 1 aliphatic heterocycles. The van der Waals surface area contributed by atoms with Gasteiger partial charge in [-0.1, -0.05) is 0 Å². The van der Waals surface area contributed by atoms with E-state index in [9.17, 15) is 18.0 Å². The molecule has 176 valence electrons. The first-order valence-corrected chi connectivity index (χ1v) is 12.8. The monoisotopic (exact) mass is 471 g/mol. The minimum absolute atomic E-state index is 0.0405. The van der Waals surface area contributed by atoms with Crippen molar-refractivity contribution in [3.63, 3.8) is 0 Å². The van der Waals surface area contributed by atoms with Gasteiger partial charge in [-0.15, -0.1) is 0 Å². The summed E-state index contributed by atoms with van der Waals surface area (Å²) in [6.07, 6.45) is 2.80. The Morgan fingerprint density at radius 3 is 1.79 bits per heavy atom. The quantitative estimate of drug-likeness (QED) is 0.613. The number of sulfonamides is 1. The standard InChI is InChI=1S/C24H29N3O5S/c1-2-32-21-9-11-22(12-10-21)33(30,31)27-15-13-18(14-16-27)24(29)26-20-7-5-19(6-8-20)25-23(28)17-3-4-17/h5-12,17-18H,2-4,13-16H2,1H3,(H,25,28)(H,26,29). The molecule has 1 saturated carbocycles. The minimum Gasteiger partial charge on any atom is -0.494 e. The van der Waals surface area contributed by atoms with Gasteiger partial charge in [0, 0.05) is 36.3 Å². The van der Waals surface area contributed by atoms with E-state index in [1.54, 1.807) is 48.5 Å². The molecule has 0 unspecified atom stereocenters. The lowest BCUT2D eigenvalue weighted by Gasteiger charge is -2.30. The summed E-state index contributed by atoms with van der Waals surface area (Å²) in [5.74, 6) is 0.422. The van der Waals surface area contributed by atoms with Crippen LogP contribution in [0.5, 0.6) is 5.75 Å². The molecule has 2 aromatic rings.